The first-order valence-corrected chi connectivity index (χ1v) is 3.89. The van der Waals surface area contributed by atoms with Crippen LogP contribution in [0.4, 0.5) is 0 Å². The molecular formula is C3H7O6P. The van der Waals surface area contributed by atoms with Gasteiger partial charge in [-0.3, -0.25) is 4.57 Å². The van der Waals surface area contributed by atoms with Crippen molar-refractivity contribution in [3.63, 3.8) is 0 Å². The standard InChI is InChI=1S/C3H7O6P/c1-9-2(4)3(5)10(6,7)8/h3,5H,1H3,(H2,6,7,8)/t3-/m1/s1. The van der Waals surface area contributed by atoms with Gasteiger partial charge >= 0.3 is 13.6 Å². The van der Waals surface area contributed by atoms with Crippen molar-refractivity contribution in [2.75, 3.05) is 7.11 Å². The Kier molecular flexibility index (Phi) is 2.98. The quantitative estimate of drug-likeness (QED) is 0.349. The summed E-state index contributed by atoms with van der Waals surface area (Å²) in [5.74, 6) is -3.70. The number of carbonyl (C=O) groups is 1. The molecule has 60 valence electrons. The van der Waals surface area contributed by atoms with Crippen LogP contribution in [0.1, 0.15) is 0 Å². The highest BCUT2D eigenvalue weighted by Crippen LogP contribution is 2.39. The van der Waals surface area contributed by atoms with Gasteiger partial charge in [0, 0.05) is 0 Å². The van der Waals surface area contributed by atoms with E-state index >= 15 is 0 Å². The maximum Gasteiger partial charge on any atom is 0.365 e. The summed E-state index contributed by atoms with van der Waals surface area (Å²) in [4.78, 5) is 26.5. The van der Waals surface area contributed by atoms with E-state index in [0.29, 0.717) is 0 Å². The van der Waals surface area contributed by atoms with Gasteiger partial charge in [0.05, 0.1) is 7.11 Å². The first-order chi connectivity index (χ1) is 4.39. The molecule has 0 amide bonds. The number of methoxy groups -OCH3 is 1. The monoisotopic (exact) mass is 170 g/mol. The van der Waals surface area contributed by atoms with Crippen molar-refractivity contribution in [1.29, 1.82) is 0 Å². The van der Waals surface area contributed by atoms with E-state index in [1.807, 2.05) is 0 Å². The summed E-state index contributed by atoms with van der Waals surface area (Å²) in [6.45, 7) is 0. The maximum atomic E-state index is 10.2. The highest BCUT2D eigenvalue weighted by molar-refractivity contribution is 7.53. The van der Waals surface area contributed by atoms with Crippen molar-refractivity contribution < 1.29 is 29.0 Å². The number of rotatable bonds is 2. The van der Waals surface area contributed by atoms with Gasteiger partial charge in [-0.25, -0.2) is 4.79 Å². The molecule has 6 nitrogen and oxygen atoms in total. The molecule has 0 spiro atoms. The van der Waals surface area contributed by atoms with E-state index in [9.17, 15) is 9.36 Å². The zero-order valence-corrected chi connectivity index (χ0v) is 5.99. The fourth-order valence-electron chi connectivity index (χ4n) is 0.243. The summed E-state index contributed by atoms with van der Waals surface area (Å²) in [5, 5.41) is 8.42. The van der Waals surface area contributed by atoms with Crippen LogP contribution in [0.2, 0.25) is 0 Å². The van der Waals surface area contributed by atoms with Crippen molar-refractivity contribution >= 4 is 13.6 Å². The molecule has 0 unspecified atom stereocenters. The summed E-state index contributed by atoms with van der Waals surface area (Å²) in [6.07, 6.45) is 0. The van der Waals surface area contributed by atoms with E-state index in [4.69, 9.17) is 14.9 Å². The molecule has 10 heavy (non-hydrogen) atoms. The van der Waals surface area contributed by atoms with E-state index in [1.54, 1.807) is 0 Å². The Hall–Kier alpha value is -0.420. The Balaban J connectivity index is 4.23. The van der Waals surface area contributed by atoms with Crippen LogP contribution in [-0.2, 0) is 14.1 Å². The molecule has 0 radical (unpaired) electrons. The number of aliphatic hydroxyl groups is 1. The molecule has 7 heteroatoms. The average molecular weight is 170 g/mol. The van der Waals surface area contributed by atoms with E-state index < -0.39 is 19.4 Å². The lowest BCUT2D eigenvalue weighted by Gasteiger charge is -2.08. The van der Waals surface area contributed by atoms with Crippen LogP contribution in [0.3, 0.4) is 0 Å². The van der Waals surface area contributed by atoms with E-state index in [-0.39, 0.29) is 0 Å². The highest BCUT2D eigenvalue weighted by atomic mass is 31.2. The van der Waals surface area contributed by atoms with Crippen molar-refractivity contribution in [3.05, 3.63) is 0 Å². The lowest BCUT2D eigenvalue weighted by atomic mass is 10.7. The molecule has 0 aliphatic heterocycles. The topological polar surface area (TPSA) is 104 Å². The molecule has 0 fully saturated rings. The summed E-state index contributed by atoms with van der Waals surface area (Å²) < 4.78 is 13.9. The van der Waals surface area contributed by atoms with Crippen molar-refractivity contribution in [2.45, 2.75) is 5.85 Å². The molecule has 0 saturated carbocycles. The number of esters is 1. The fourth-order valence-corrected chi connectivity index (χ4v) is 0.623. The lowest BCUT2D eigenvalue weighted by molar-refractivity contribution is -0.146. The van der Waals surface area contributed by atoms with E-state index in [1.165, 1.54) is 0 Å². The molecule has 0 aliphatic rings. The lowest BCUT2D eigenvalue weighted by Crippen LogP contribution is -2.21. The zero-order chi connectivity index (χ0) is 8.36. The van der Waals surface area contributed by atoms with Crippen LogP contribution in [0.5, 0.6) is 0 Å². The second kappa shape index (κ2) is 3.12. The van der Waals surface area contributed by atoms with Gasteiger partial charge < -0.3 is 19.6 Å². The number of hydrogen-bond acceptors (Lipinski definition) is 4. The van der Waals surface area contributed by atoms with Gasteiger partial charge in [-0.2, -0.15) is 0 Å². The van der Waals surface area contributed by atoms with Crippen LogP contribution in [0, 0.1) is 0 Å². The number of aliphatic hydroxyl groups excluding tert-OH is 1. The van der Waals surface area contributed by atoms with Crippen LogP contribution in [0.15, 0.2) is 0 Å². The average Bonchev–Trinajstić information content (AvgIpc) is 1.83. The van der Waals surface area contributed by atoms with Crippen LogP contribution in [-0.4, -0.2) is 33.8 Å². The Morgan fingerprint density at radius 1 is 1.60 bits per heavy atom. The second-order valence-electron chi connectivity index (χ2n) is 1.49. The number of hydrogen-bond donors (Lipinski definition) is 3. The summed E-state index contributed by atoms with van der Waals surface area (Å²) in [7, 11) is -3.83. The van der Waals surface area contributed by atoms with Crippen molar-refractivity contribution in [1.82, 2.24) is 0 Å². The molecule has 0 aromatic rings. The van der Waals surface area contributed by atoms with Crippen LogP contribution in [0.25, 0.3) is 0 Å². The minimum absolute atomic E-state index is 0.918. The Bertz CT molecular complexity index is 170. The van der Waals surface area contributed by atoms with Crippen molar-refractivity contribution in [2.24, 2.45) is 0 Å². The van der Waals surface area contributed by atoms with Gasteiger partial charge in [0.25, 0.3) is 5.85 Å². The minimum Gasteiger partial charge on any atom is -0.467 e. The SMILES string of the molecule is COC(=O)[C@H](O)P(=O)(O)O. The molecular weight excluding hydrogens is 163 g/mol. The normalized spacial score (nSPS) is 14.4. The largest absolute Gasteiger partial charge is 0.467 e. The summed E-state index contributed by atoms with van der Waals surface area (Å²) in [5.41, 5.74) is 0. The fraction of sp³-hybridized carbons (Fsp3) is 0.667. The van der Waals surface area contributed by atoms with Gasteiger partial charge in [0.2, 0.25) is 0 Å². The summed E-state index contributed by atoms with van der Waals surface area (Å²) >= 11 is 0. The highest BCUT2D eigenvalue weighted by Gasteiger charge is 2.34. The van der Waals surface area contributed by atoms with Crippen molar-refractivity contribution in [3.8, 4) is 0 Å². The van der Waals surface area contributed by atoms with Crippen LogP contribution >= 0.6 is 7.60 Å². The Labute approximate surface area is 56.6 Å². The summed E-state index contributed by atoms with van der Waals surface area (Å²) in [6, 6.07) is 0. The Morgan fingerprint density at radius 3 is 2.10 bits per heavy atom. The number of ether oxygens (including phenoxy) is 1. The minimum atomic E-state index is -4.75. The third-order valence-electron chi connectivity index (χ3n) is 0.731. The maximum absolute atomic E-state index is 10.2. The predicted octanol–water partition coefficient (Wildman–Crippen LogP) is -1.34. The van der Waals surface area contributed by atoms with Crippen LogP contribution < -0.4 is 0 Å². The Morgan fingerprint density at radius 2 is 2.00 bits per heavy atom. The first kappa shape index (κ1) is 9.58. The molecule has 0 heterocycles. The molecule has 0 rings (SSSR count). The zero-order valence-electron chi connectivity index (χ0n) is 5.09. The first-order valence-electron chi connectivity index (χ1n) is 2.20. The van der Waals surface area contributed by atoms with Gasteiger partial charge in [-0.05, 0) is 0 Å². The molecule has 3 N–H and O–H groups in total. The molecule has 0 aliphatic carbocycles. The number of carbonyl (C=O) groups excluding carboxylic acids is 1. The second-order valence-corrected chi connectivity index (χ2v) is 3.15. The third kappa shape index (κ3) is 2.45. The van der Waals surface area contributed by atoms with E-state index in [2.05, 4.69) is 4.74 Å². The predicted molar refractivity (Wildman–Crippen MR) is 30.1 cm³/mol. The molecule has 0 saturated heterocycles. The molecule has 0 aromatic heterocycles. The van der Waals surface area contributed by atoms with E-state index in [0.717, 1.165) is 7.11 Å². The molecule has 0 bridgehead atoms. The third-order valence-corrected chi connectivity index (χ3v) is 1.58. The van der Waals surface area contributed by atoms with Gasteiger partial charge in [0.1, 0.15) is 0 Å². The van der Waals surface area contributed by atoms with Gasteiger partial charge in [-0.15, -0.1) is 0 Å². The molecule has 0 aromatic carbocycles. The molecule has 1 atom stereocenters. The smallest absolute Gasteiger partial charge is 0.365 e. The van der Waals surface area contributed by atoms with Gasteiger partial charge in [0.15, 0.2) is 0 Å². The van der Waals surface area contributed by atoms with Gasteiger partial charge in [-0.1, -0.05) is 0 Å².